The third-order valence-electron chi connectivity index (χ3n) is 5.10. The molecule has 0 aliphatic rings. The average molecular weight is 367 g/mol. The zero-order valence-electron chi connectivity index (χ0n) is 18.3. The van der Waals surface area contributed by atoms with E-state index in [1.165, 1.54) is 89.9 Å². The highest BCUT2D eigenvalue weighted by Crippen LogP contribution is 2.21. The van der Waals surface area contributed by atoms with Crippen molar-refractivity contribution in [1.82, 2.24) is 0 Å². The highest BCUT2D eigenvalue weighted by Gasteiger charge is 2.22. The van der Waals surface area contributed by atoms with Gasteiger partial charge in [-0.3, -0.25) is 0 Å². The molecule has 0 fully saturated rings. The van der Waals surface area contributed by atoms with E-state index < -0.39 is 0 Å². The molecule has 0 unspecified atom stereocenters. The minimum atomic E-state index is -0.368. The molecule has 0 aliphatic carbocycles. The van der Waals surface area contributed by atoms with Gasteiger partial charge in [0.05, 0.1) is 0 Å². The second kappa shape index (κ2) is 16.4. The van der Waals surface area contributed by atoms with Crippen LogP contribution in [0.25, 0.3) is 0 Å². The fraction of sp³-hybridized carbons (Fsp3) is 0.875. The summed E-state index contributed by atoms with van der Waals surface area (Å²) in [6, 6.07) is 0. The Morgan fingerprint density at radius 2 is 1.08 bits per heavy atom. The summed E-state index contributed by atoms with van der Waals surface area (Å²) in [6.07, 6.45) is 21.5. The van der Waals surface area contributed by atoms with E-state index in [0.29, 0.717) is 5.57 Å². The van der Waals surface area contributed by atoms with Crippen LogP contribution in [0.2, 0.25) is 0 Å². The molecule has 154 valence electrons. The van der Waals surface area contributed by atoms with Gasteiger partial charge >= 0.3 is 5.97 Å². The minimum Gasteiger partial charge on any atom is -0.456 e. The molecule has 0 saturated carbocycles. The van der Waals surface area contributed by atoms with E-state index in [9.17, 15) is 4.79 Å². The van der Waals surface area contributed by atoms with Crippen molar-refractivity contribution in [3.63, 3.8) is 0 Å². The second-order valence-corrected chi connectivity index (χ2v) is 8.63. The fourth-order valence-electron chi connectivity index (χ4n) is 3.31. The lowest BCUT2D eigenvalue weighted by molar-refractivity contribution is -0.152. The Balaban J connectivity index is 3.33. The summed E-state index contributed by atoms with van der Waals surface area (Å²) in [5.74, 6) is -0.268. The lowest BCUT2D eigenvalue weighted by Crippen LogP contribution is -2.28. The van der Waals surface area contributed by atoms with Crippen molar-refractivity contribution in [2.24, 2.45) is 0 Å². The van der Waals surface area contributed by atoms with Gasteiger partial charge in [-0.25, -0.2) is 4.79 Å². The molecular weight excluding hydrogens is 320 g/mol. The predicted molar refractivity (Wildman–Crippen MR) is 115 cm³/mol. The molecule has 0 saturated heterocycles. The maximum Gasteiger partial charge on any atom is 0.333 e. The molecule has 0 heterocycles. The second-order valence-electron chi connectivity index (χ2n) is 8.63. The Hall–Kier alpha value is -0.790. The van der Waals surface area contributed by atoms with Gasteiger partial charge < -0.3 is 4.74 Å². The van der Waals surface area contributed by atoms with Gasteiger partial charge in [-0.1, -0.05) is 103 Å². The molecule has 0 radical (unpaired) electrons. The summed E-state index contributed by atoms with van der Waals surface area (Å²) in [5.41, 5.74) is 0.113. The first-order valence-corrected chi connectivity index (χ1v) is 11.3. The van der Waals surface area contributed by atoms with Crippen LogP contribution in [-0.2, 0) is 9.53 Å². The number of unbranched alkanes of at least 4 members (excludes halogenated alkanes) is 14. The minimum absolute atomic E-state index is 0.268. The van der Waals surface area contributed by atoms with Gasteiger partial charge in [0, 0.05) is 5.57 Å². The zero-order valence-corrected chi connectivity index (χ0v) is 18.3. The summed E-state index contributed by atoms with van der Waals surface area (Å²) in [7, 11) is 0. The van der Waals surface area contributed by atoms with Gasteiger partial charge in [0.15, 0.2) is 0 Å². The van der Waals surface area contributed by atoms with Crippen molar-refractivity contribution in [2.45, 2.75) is 136 Å². The van der Waals surface area contributed by atoms with Crippen molar-refractivity contribution < 1.29 is 9.53 Å². The van der Waals surface area contributed by atoms with Crippen molar-refractivity contribution in [1.29, 1.82) is 0 Å². The topological polar surface area (TPSA) is 26.3 Å². The molecule has 0 aromatic heterocycles. The van der Waals surface area contributed by atoms with Crippen LogP contribution in [-0.4, -0.2) is 11.6 Å². The first-order chi connectivity index (χ1) is 12.4. The van der Waals surface area contributed by atoms with E-state index in [-0.39, 0.29) is 11.6 Å². The largest absolute Gasteiger partial charge is 0.456 e. The van der Waals surface area contributed by atoms with Gasteiger partial charge in [-0.15, -0.1) is 0 Å². The molecule has 0 bridgehead atoms. The first kappa shape index (κ1) is 25.2. The molecule has 0 rings (SSSR count). The normalized spacial score (nSPS) is 11.5. The lowest BCUT2D eigenvalue weighted by Gasteiger charge is -2.25. The number of hydrogen-bond acceptors (Lipinski definition) is 2. The predicted octanol–water partition coefficient (Wildman–Crippen LogP) is 8.15. The lowest BCUT2D eigenvalue weighted by atomic mass is 9.98. The van der Waals surface area contributed by atoms with E-state index in [0.717, 1.165) is 12.8 Å². The molecule has 0 spiro atoms. The van der Waals surface area contributed by atoms with Crippen LogP contribution in [0, 0.1) is 0 Å². The van der Waals surface area contributed by atoms with Crippen LogP contribution in [0.15, 0.2) is 12.2 Å². The molecule has 2 heteroatoms. The number of esters is 1. The number of hydrogen-bond donors (Lipinski definition) is 0. The van der Waals surface area contributed by atoms with E-state index in [4.69, 9.17) is 4.74 Å². The Labute approximate surface area is 164 Å². The van der Waals surface area contributed by atoms with Crippen molar-refractivity contribution in [3.05, 3.63) is 12.2 Å². The van der Waals surface area contributed by atoms with Crippen LogP contribution in [0.5, 0.6) is 0 Å². The smallest absolute Gasteiger partial charge is 0.333 e. The van der Waals surface area contributed by atoms with E-state index in [1.54, 1.807) is 6.92 Å². The van der Waals surface area contributed by atoms with Gasteiger partial charge in [0.2, 0.25) is 0 Å². The van der Waals surface area contributed by atoms with Crippen LogP contribution in [0.4, 0.5) is 0 Å². The molecule has 0 aliphatic heterocycles. The SMILES string of the molecule is C=C(C)C(=O)OC(C)(C)CCCCCCCCCCCCCCCCC. The molecule has 0 aromatic carbocycles. The summed E-state index contributed by atoms with van der Waals surface area (Å²) < 4.78 is 5.48. The number of carbonyl (C=O) groups excluding carboxylic acids is 1. The van der Waals surface area contributed by atoms with E-state index in [1.807, 2.05) is 13.8 Å². The first-order valence-electron chi connectivity index (χ1n) is 11.3. The van der Waals surface area contributed by atoms with Crippen molar-refractivity contribution in [2.75, 3.05) is 0 Å². The molecule has 0 N–H and O–H groups in total. The number of ether oxygens (including phenoxy) is 1. The molecule has 0 aromatic rings. The summed E-state index contributed by atoms with van der Waals surface area (Å²) in [4.78, 5) is 11.6. The molecule has 2 nitrogen and oxygen atoms in total. The highest BCUT2D eigenvalue weighted by molar-refractivity contribution is 5.87. The fourth-order valence-corrected chi connectivity index (χ4v) is 3.31. The quantitative estimate of drug-likeness (QED) is 0.139. The van der Waals surface area contributed by atoms with E-state index in [2.05, 4.69) is 13.5 Å². The summed E-state index contributed by atoms with van der Waals surface area (Å²) in [5, 5.41) is 0. The maximum atomic E-state index is 11.6. The molecule has 0 amide bonds. The van der Waals surface area contributed by atoms with Gasteiger partial charge in [-0.05, 0) is 33.6 Å². The van der Waals surface area contributed by atoms with Gasteiger partial charge in [-0.2, -0.15) is 0 Å². The van der Waals surface area contributed by atoms with Crippen LogP contribution in [0.3, 0.4) is 0 Å². The standard InChI is InChI=1S/C24H46O2/c1-6-7-8-9-10-11-12-13-14-15-16-17-18-19-20-21-24(4,5)26-23(25)22(2)3/h2,6-21H2,1,3-5H3. The van der Waals surface area contributed by atoms with Gasteiger partial charge in [0.25, 0.3) is 0 Å². The van der Waals surface area contributed by atoms with Crippen LogP contribution in [0.1, 0.15) is 130 Å². The Kier molecular flexibility index (Phi) is 15.9. The summed E-state index contributed by atoms with van der Waals surface area (Å²) >= 11 is 0. The average Bonchev–Trinajstić information content (AvgIpc) is 2.57. The zero-order chi connectivity index (χ0) is 19.7. The highest BCUT2D eigenvalue weighted by atomic mass is 16.6. The van der Waals surface area contributed by atoms with E-state index >= 15 is 0 Å². The van der Waals surface area contributed by atoms with Crippen LogP contribution < -0.4 is 0 Å². The Bertz CT molecular complexity index is 357. The van der Waals surface area contributed by atoms with Crippen LogP contribution >= 0.6 is 0 Å². The monoisotopic (exact) mass is 366 g/mol. The molecule has 26 heavy (non-hydrogen) atoms. The number of rotatable bonds is 18. The van der Waals surface area contributed by atoms with Crippen molar-refractivity contribution >= 4 is 5.97 Å². The maximum absolute atomic E-state index is 11.6. The molecular formula is C24H46O2. The van der Waals surface area contributed by atoms with Gasteiger partial charge in [0.1, 0.15) is 5.60 Å². The number of carbonyl (C=O) groups is 1. The summed E-state index contributed by atoms with van der Waals surface area (Å²) in [6.45, 7) is 11.6. The molecule has 0 atom stereocenters. The third-order valence-corrected chi connectivity index (χ3v) is 5.10. The Morgan fingerprint density at radius 1 is 0.731 bits per heavy atom. The third kappa shape index (κ3) is 16.7. The Morgan fingerprint density at radius 3 is 1.42 bits per heavy atom. The van der Waals surface area contributed by atoms with Crippen molar-refractivity contribution in [3.8, 4) is 0 Å².